The summed E-state index contributed by atoms with van der Waals surface area (Å²) < 4.78 is 13.5. The number of amides is 1. The topological polar surface area (TPSA) is 58.4 Å². The van der Waals surface area contributed by atoms with E-state index in [1.807, 2.05) is 6.92 Å². The van der Waals surface area contributed by atoms with E-state index in [0.29, 0.717) is 12.1 Å². The van der Waals surface area contributed by atoms with Gasteiger partial charge in [0.05, 0.1) is 6.04 Å². The lowest BCUT2D eigenvalue weighted by atomic mass is 9.90. The van der Waals surface area contributed by atoms with Crippen molar-refractivity contribution in [2.24, 2.45) is 11.1 Å². The Labute approximate surface area is 125 Å². The van der Waals surface area contributed by atoms with Crippen molar-refractivity contribution in [3.63, 3.8) is 0 Å². The van der Waals surface area contributed by atoms with E-state index < -0.39 is 0 Å². The van der Waals surface area contributed by atoms with Gasteiger partial charge in [0.25, 0.3) is 0 Å². The van der Waals surface area contributed by atoms with Crippen LogP contribution in [0.2, 0.25) is 0 Å². The highest BCUT2D eigenvalue weighted by Gasteiger charge is 2.36. The molecule has 1 aliphatic heterocycles. The van der Waals surface area contributed by atoms with E-state index in [0.717, 1.165) is 19.5 Å². The molecule has 1 amide bonds. The summed E-state index contributed by atoms with van der Waals surface area (Å²) in [5, 5.41) is 2.81. The molecule has 4 nitrogen and oxygen atoms in total. The number of carbonyl (C=O) groups excluding carboxylic acids is 1. The quantitative estimate of drug-likeness (QED) is 0.865. The van der Waals surface area contributed by atoms with Gasteiger partial charge in [-0.1, -0.05) is 25.1 Å². The maximum atomic E-state index is 13.5. The Morgan fingerprint density at radius 2 is 2.24 bits per heavy atom. The minimum absolute atomic E-state index is 0.0699. The summed E-state index contributed by atoms with van der Waals surface area (Å²) >= 11 is 0. The van der Waals surface area contributed by atoms with Gasteiger partial charge in [-0.25, -0.2) is 4.39 Å². The van der Waals surface area contributed by atoms with Gasteiger partial charge in [-0.3, -0.25) is 9.69 Å². The van der Waals surface area contributed by atoms with Crippen LogP contribution in [-0.4, -0.2) is 36.5 Å². The monoisotopic (exact) mass is 293 g/mol. The SMILES string of the molecule is CC(C(=O)NCc1ccccc1F)N1CCC(C)(CN)C1. The summed E-state index contributed by atoms with van der Waals surface area (Å²) in [4.78, 5) is 14.3. The Balaban J connectivity index is 1.88. The van der Waals surface area contributed by atoms with Crippen LogP contribution in [-0.2, 0) is 11.3 Å². The third kappa shape index (κ3) is 3.80. The predicted octanol–water partition coefficient (Wildman–Crippen LogP) is 1.50. The van der Waals surface area contributed by atoms with Crippen LogP contribution in [0.25, 0.3) is 0 Å². The first kappa shape index (κ1) is 15.9. The minimum atomic E-state index is -0.290. The number of nitrogens with one attached hydrogen (secondary N) is 1. The molecule has 1 saturated heterocycles. The minimum Gasteiger partial charge on any atom is -0.351 e. The zero-order valence-electron chi connectivity index (χ0n) is 12.7. The summed E-state index contributed by atoms with van der Waals surface area (Å²) in [6, 6.07) is 6.27. The number of nitrogens with zero attached hydrogens (tertiary/aromatic N) is 1. The van der Waals surface area contributed by atoms with Crippen LogP contribution in [0.15, 0.2) is 24.3 Å². The summed E-state index contributed by atoms with van der Waals surface area (Å²) in [6.45, 7) is 6.60. The van der Waals surface area contributed by atoms with Crippen molar-refractivity contribution in [3.8, 4) is 0 Å². The van der Waals surface area contributed by atoms with Crippen molar-refractivity contribution < 1.29 is 9.18 Å². The zero-order chi connectivity index (χ0) is 15.5. The number of nitrogens with two attached hydrogens (primary N) is 1. The molecule has 0 aromatic heterocycles. The Kier molecular flexibility index (Phi) is 4.96. The molecule has 21 heavy (non-hydrogen) atoms. The molecule has 2 atom stereocenters. The van der Waals surface area contributed by atoms with Gasteiger partial charge < -0.3 is 11.1 Å². The largest absolute Gasteiger partial charge is 0.351 e. The normalized spacial score (nSPS) is 24.0. The summed E-state index contributed by atoms with van der Waals surface area (Å²) in [7, 11) is 0. The predicted molar refractivity (Wildman–Crippen MR) is 81.1 cm³/mol. The average molecular weight is 293 g/mol. The van der Waals surface area contributed by atoms with Crippen molar-refractivity contribution in [2.75, 3.05) is 19.6 Å². The van der Waals surface area contributed by atoms with Gasteiger partial charge in [-0.05, 0) is 37.9 Å². The number of hydrogen-bond acceptors (Lipinski definition) is 3. The highest BCUT2D eigenvalue weighted by molar-refractivity contribution is 5.81. The molecular formula is C16H24FN3O. The van der Waals surface area contributed by atoms with Crippen LogP contribution in [0.5, 0.6) is 0 Å². The molecule has 2 unspecified atom stereocenters. The number of benzene rings is 1. The number of likely N-dealkylation sites (tertiary alicyclic amines) is 1. The first-order valence-corrected chi connectivity index (χ1v) is 7.40. The van der Waals surface area contributed by atoms with E-state index in [1.165, 1.54) is 6.07 Å². The molecule has 1 aliphatic rings. The van der Waals surface area contributed by atoms with Crippen molar-refractivity contribution >= 4 is 5.91 Å². The van der Waals surface area contributed by atoms with E-state index in [4.69, 9.17) is 5.73 Å². The smallest absolute Gasteiger partial charge is 0.237 e. The number of hydrogen-bond donors (Lipinski definition) is 2. The standard InChI is InChI=1S/C16H24FN3O/c1-12(20-8-7-16(2,10-18)11-20)15(21)19-9-13-5-3-4-6-14(13)17/h3-6,12H,7-11,18H2,1-2H3,(H,19,21). The molecule has 0 saturated carbocycles. The molecule has 0 radical (unpaired) electrons. The number of carbonyl (C=O) groups is 1. The van der Waals surface area contributed by atoms with E-state index >= 15 is 0 Å². The van der Waals surface area contributed by atoms with E-state index in [1.54, 1.807) is 18.2 Å². The fraction of sp³-hybridized carbons (Fsp3) is 0.562. The van der Waals surface area contributed by atoms with Crippen molar-refractivity contribution in [2.45, 2.75) is 32.9 Å². The fourth-order valence-electron chi connectivity index (χ4n) is 2.70. The molecule has 1 fully saturated rings. The molecule has 1 aromatic rings. The lowest BCUT2D eigenvalue weighted by Gasteiger charge is -2.26. The Bertz CT molecular complexity index is 508. The lowest BCUT2D eigenvalue weighted by molar-refractivity contribution is -0.125. The summed E-state index contributed by atoms with van der Waals surface area (Å²) in [5.41, 5.74) is 6.39. The van der Waals surface area contributed by atoms with E-state index in [-0.39, 0.29) is 29.7 Å². The van der Waals surface area contributed by atoms with Gasteiger partial charge in [-0.15, -0.1) is 0 Å². The second-order valence-corrected chi connectivity index (χ2v) is 6.22. The van der Waals surface area contributed by atoms with Gasteiger partial charge in [0.2, 0.25) is 5.91 Å². The van der Waals surface area contributed by atoms with Crippen LogP contribution in [0, 0.1) is 11.2 Å². The van der Waals surface area contributed by atoms with Crippen LogP contribution in [0.3, 0.4) is 0 Å². The van der Waals surface area contributed by atoms with Gasteiger partial charge in [-0.2, -0.15) is 0 Å². The lowest BCUT2D eigenvalue weighted by Crippen LogP contribution is -2.45. The zero-order valence-corrected chi connectivity index (χ0v) is 12.7. The van der Waals surface area contributed by atoms with Gasteiger partial charge in [0.1, 0.15) is 5.82 Å². The van der Waals surface area contributed by atoms with Gasteiger partial charge >= 0.3 is 0 Å². The Morgan fingerprint density at radius 3 is 2.86 bits per heavy atom. The third-order valence-corrected chi connectivity index (χ3v) is 4.42. The molecule has 5 heteroatoms. The maximum absolute atomic E-state index is 13.5. The van der Waals surface area contributed by atoms with Crippen LogP contribution in [0.4, 0.5) is 4.39 Å². The summed E-state index contributed by atoms with van der Waals surface area (Å²) in [6.07, 6.45) is 1.01. The van der Waals surface area contributed by atoms with Crippen LogP contribution < -0.4 is 11.1 Å². The number of rotatable bonds is 5. The molecule has 1 aromatic carbocycles. The molecule has 0 bridgehead atoms. The molecule has 2 rings (SSSR count). The summed E-state index contributed by atoms with van der Waals surface area (Å²) in [5.74, 6) is -0.359. The molecule has 0 aliphatic carbocycles. The highest BCUT2D eigenvalue weighted by atomic mass is 19.1. The van der Waals surface area contributed by atoms with Gasteiger partial charge in [0.15, 0.2) is 0 Å². The van der Waals surface area contributed by atoms with Crippen molar-refractivity contribution in [1.29, 1.82) is 0 Å². The molecule has 1 heterocycles. The van der Waals surface area contributed by atoms with Crippen molar-refractivity contribution in [3.05, 3.63) is 35.6 Å². The van der Waals surface area contributed by atoms with Crippen LogP contribution in [0.1, 0.15) is 25.8 Å². The van der Waals surface area contributed by atoms with Crippen molar-refractivity contribution in [1.82, 2.24) is 10.2 Å². The second kappa shape index (κ2) is 6.54. The van der Waals surface area contributed by atoms with E-state index in [2.05, 4.69) is 17.1 Å². The molecule has 116 valence electrons. The van der Waals surface area contributed by atoms with E-state index in [9.17, 15) is 9.18 Å². The molecule has 3 N–H and O–H groups in total. The first-order valence-electron chi connectivity index (χ1n) is 7.40. The molecule has 0 spiro atoms. The Morgan fingerprint density at radius 1 is 1.52 bits per heavy atom. The molecular weight excluding hydrogens is 269 g/mol. The average Bonchev–Trinajstić information content (AvgIpc) is 2.88. The first-order chi connectivity index (χ1) is 9.95. The second-order valence-electron chi connectivity index (χ2n) is 6.22. The highest BCUT2D eigenvalue weighted by Crippen LogP contribution is 2.29. The third-order valence-electron chi connectivity index (χ3n) is 4.42. The van der Waals surface area contributed by atoms with Gasteiger partial charge in [0, 0.05) is 18.7 Å². The maximum Gasteiger partial charge on any atom is 0.237 e. The fourth-order valence-corrected chi connectivity index (χ4v) is 2.70. The Hall–Kier alpha value is -1.46. The van der Waals surface area contributed by atoms with Crippen LogP contribution >= 0.6 is 0 Å². The number of halogens is 1.